The van der Waals surface area contributed by atoms with Gasteiger partial charge in [0, 0.05) is 24.5 Å². The molecular formula is C13H21N3OS. The second-order valence-corrected chi connectivity index (χ2v) is 6.17. The van der Waals surface area contributed by atoms with Gasteiger partial charge in [0.1, 0.15) is 0 Å². The molecule has 0 unspecified atom stereocenters. The Labute approximate surface area is 113 Å². The van der Waals surface area contributed by atoms with Crippen molar-refractivity contribution in [3.05, 3.63) is 16.1 Å². The lowest BCUT2D eigenvalue weighted by Gasteiger charge is -2.35. The Kier molecular flexibility index (Phi) is 4.35. The molecule has 0 aliphatic carbocycles. The van der Waals surface area contributed by atoms with Gasteiger partial charge in [-0.05, 0) is 33.9 Å². The molecule has 1 aliphatic heterocycles. The topological polar surface area (TPSA) is 36.4 Å². The SMILES string of the molecule is Cc1nc(CC(=O)N2CCC(N(C)C)CC2)cs1. The maximum atomic E-state index is 12.1. The molecule has 0 bridgehead atoms. The molecule has 0 aromatic carbocycles. The normalized spacial score (nSPS) is 17.4. The smallest absolute Gasteiger partial charge is 0.228 e. The van der Waals surface area contributed by atoms with E-state index < -0.39 is 0 Å². The maximum absolute atomic E-state index is 12.1. The number of piperidine rings is 1. The van der Waals surface area contributed by atoms with Crippen LogP contribution in [0.25, 0.3) is 0 Å². The Morgan fingerprint density at radius 2 is 2.17 bits per heavy atom. The quantitative estimate of drug-likeness (QED) is 0.833. The fourth-order valence-electron chi connectivity index (χ4n) is 2.39. The van der Waals surface area contributed by atoms with Crippen LogP contribution in [0.1, 0.15) is 23.5 Å². The van der Waals surface area contributed by atoms with Crippen LogP contribution in [-0.2, 0) is 11.2 Å². The molecule has 0 atom stereocenters. The second-order valence-electron chi connectivity index (χ2n) is 5.11. The van der Waals surface area contributed by atoms with Crippen LogP contribution in [0.2, 0.25) is 0 Å². The molecule has 1 fully saturated rings. The second kappa shape index (κ2) is 5.80. The lowest BCUT2D eigenvalue weighted by Crippen LogP contribution is -2.45. The highest BCUT2D eigenvalue weighted by Crippen LogP contribution is 2.16. The fraction of sp³-hybridized carbons (Fsp3) is 0.692. The molecule has 100 valence electrons. The van der Waals surface area contributed by atoms with Crippen molar-refractivity contribution in [2.45, 2.75) is 32.2 Å². The molecule has 1 aromatic rings. The Morgan fingerprint density at radius 3 is 2.67 bits per heavy atom. The van der Waals surface area contributed by atoms with Gasteiger partial charge in [-0.3, -0.25) is 4.79 Å². The van der Waals surface area contributed by atoms with E-state index in [9.17, 15) is 4.79 Å². The van der Waals surface area contributed by atoms with Crippen molar-refractivity contribution >= 4 is 17.2 Å². The zero-order chi connectivity index (χ0) is 13.1. The molecule has 0 radical (unpaired) electrons. The number of likely N-dealkylation sites (tertiary alicyclic amines) is 1. The third-order valence-electron chi connectivity index (χ3n) is 3.55. The summed E-state index contributed by atoms with van der Waals surface area (Å²) in [5.74, 6) is 0.220. The van der Waals surface area contributed by atoms with E-state index in [1.54, 1.807) is 11.3 Å². The van der Waals surface area contributed by atoms with Gasteiger partial charge in [0.25, 0.3) is 0 Å². The number of aryl methyl sites for hydroxylation is 1. The van der Waals surface area contributed by atoms with E-state index >= 15 is 0 Å². The summed E-state index contributed by atoms with van der Waals surface area (Å²) in [5, 5.41) is 3.02. The van der Waals surface area contributed by atoms with Crippen LogP contribution in [0.4, 0.5) is 0 Å². The standard InChI is InChI=1S/C13H21N3OS/c1-10-14-11(9-18-10)8-13(17)16-6-4-12(5-7-16)15(2)3/h9,12H,4-8H2,1-3H3. The van der Waals surface area contributed by atoms with Crippen LogP contribution in [0, 0.1) is 6.92 Å². The van der Waals surface area contributed by atoms with Gasteiger partial charge in [0.2, 0.25) is 5.91 Å². The Bertz CT molecular complexity index is 408. The third kappa shape index (κ3) is 3.29. The van der Waals surface area contributed by atoms with Crippen LogP contribution in [0.5, 0.6) is 0 Å². The van der Waals surface area contributed by atoms with E-state index in [1.165, 1.54) is 0 Å². The number of hydrogen-bond acceptors (Lipinski definition) is 4. The molecule has 2 heterocycles. The van der Waals surface area contributed by atoms with Gasteiger partial charge in [0.15, 0.2) is 0 Å². The Hall–Kier alpha value is -0.940. The predicted molar refractivity (Wildman–Crippen MR) is 73.8 cm³/mol. The summed E-state index contributed by atoms with van der Waals surface area (Å²) in [6, 6.07) is 0.621. The molecule has 0 saturated carbocycles. The number of carbonyl (C=O) groups excluding carboxylic acids is 1. The van der Waals surface area contributed by atoms with Crippen molar-refractivity contribution in [2.75, 3.05) is 27.2 Å². The maximum Gasteiger partial charge on any atom is 0.228 e. The van der Waals surface area contributed by atoms with Gasteiger partial charge in [-0.1, -0.05) is 0 Å². The summed E-state index contributed by atoms with van der Waals surface area (Å²) in [7, 11) is 4.22. The van der Waals surface area contributed by atoms with Crippen LogP contribution < -0.4 is 0 Å². The number of nitrogens with zero attached hydrogens (tertiary/aromatic N) is 3. The van der Waals surface area contributed by atoms with E-state index in [2.05, 4.69) is 24.0 Å². The van der Waals surface area contributed by atoms with E-state index in [0.29, 0.717) is 12.5 Å². The molecule has 2 rings (SSSR count). The minimum Gasteiger partial charge on any atom is -0.342 e. The first-order chi connectivity index (χ1) is 8.56. The number of amides is 1. The van der Waals surface area contributed by atoms with Crippen LogP contribution in [0.15, 0.2) is 5.38 Å². The molecule has 1 aromatic heterocycles. The number of aromatic nitrogens is 1. The van der Waals surface area contributed by atoms with Gasteiger partial charge in [-0.25, -0.2) is 4.98 Å². The van der Waals surface area contributed by atoms with E-state index in [1.807, 2.05) is 17.2 Å². The fourth-order valence-corrected chi connectivity index (χ4v) is 3.00. The van der Waals surface area contributed by atoms with Crippen LogP contribution in [0.3, 0.4) is 0 Å². The Morgan fingerprint density at radius 1 is 1.50 bits per heavy atom. The first-order valence-electron chi connectivity index (χ1n) is 6.41. The van der Waals surface area contributed by atoms with Crippen molar-refractivity contribution in [2.24, 2.45) is 0 Å². The average molecular weight is 267 g/mol. The number of hydrogen-bond donors (Lipinski definition) is 0. The number of carbonyl (C=O) groups is 1. The largest absolute Gasteiger partial charge is 0.342 e. The highest BCUT2D eigenvalue weighted by molar-refractivity contribution is 7.09. The van der Waals surface area contributed by atoms with Gasteiger partial charge in [-0.15, -0.1) is 11.3 Å². The molecule has 0 N–H and O–H groups in total. The molecule has 0 spiro atoms. The summed E-state index contributed by atoms with van der Waals surface area (Å²) >= 11 is 1.61. The van der Waals surface area contributed by atoms with Crippen molar-refractivity contribution in [3.63, 3.8) is 0 Å². The predicted octanol–water partition coefficient (Wildman–Crippen LogP) is 1.55. The van der Waals surface area contributed by atoms with Crippen LogP contribution in [-0.4, -0.2) is 53.9 Å². The van der Waals surface area contributed by atoms with Crippen LogP contribution >= 0.6 is 11.3 Å². The van der Waals surface area contributed by atoms with E-state index in [0.717, 1.165) is 36.6 Å². The summed E-state index contributed by atoms with van der Waals surface area (Å²) in [5.41, 5.74) is 0.914. The summed E-state index contributed by atoms with van der Waals surface area (Å²) in [6.45, 7) is 3.73. The summed E-state index contributed by atoms with van der Waals surface area (Å²) in [4.78, 5) is 20.7. The summed E-state index contributed by atoms with van der Waals surface area (Å²) in [6.07, 6.45) is 2.61. The van der Waals surface area contributed by atoms with Crippen molar-refractivity contribution in [3.8, 4) is 0 Å². The molecule has 1 amide bonds. The number of rotatable bonds is 3. The minimum atomic E-state index is 0.220. The van der Waals surface area contributed by atoms with Gasteiger partial charge < -0.3 is 9.80 Å². The molecule has 18 heavy (non-hydrogen) atoms. The molecule has 4 nitrogen and oxygen atoms in total. The van der Waals surface area contributed by atoms with Gasteiger partial charge in [0.05, 0.1) is 17.1 Å². The zero-order valence-electron chi connectivity index (χ0n) is 11.3. The highest BCUT2D eigenvalue weighted by atomic mass is 32.1. The van der Waals surface area contributed by atoms with E-state index in [4.69, 9.17) is 0 Å². The first kappa shape index (κ1) is 13.5. The molecular weight excluding hydrogens is 246 g/mol. The highest BCUT2D eigenvalue weighted by Gasteiger charge is 2.24. The number of thiazole rings is 1. The monoisotopic (exact) mass is 267 g/mol. The van der Waals surface area contributed by atoms with E-state index in [-0.39, 0.29) is 5.91 Å². The van der Waals surface area contributed by atoms with Crippen molar-refractivity contribution in [1.82, 2.24) is 14.8 Å². The zero-order valence-corrected chi connectivity index (χ0v) is 12.2. The molecule has 1 saturated heterocycles. The third-order valence-corrected chi connectivity index (χ3v) is 4.37. The molecule has 5 heteroatoms. The minimum absolute atomic E-state index is 0.220. The van der Waals surface area contributed by atoms with Crippen molar-refractivity contribution in [1.29, 1.82) is 0 Å². The van der Waals surface area contributed by atoms with Gasteiger partial charge >= 0.3 is 0 Å². The lowest BCUT2D eigenvalue weighted by atomic mass is 10.0. The van der Waals surface area contributed by atoms with Gasteiger partial charge in [-0.2, -0.15) is 0 Å². The molecule has 1 aliphatic rings. The Balaban J connectivity index is 1.84. The lowest BCUT2D eigenvalue weighted by molar-refractivity contribution is -0.132. The van der Waals surface area contributed by atoms with Crippen molar-refractivity contribution < 1.29 is 4.79 Å². The summed E-state index contributed by atoms with van der Waals surface area (Å²) < 4.78 is 0. The first-order valence-corrected chi connectivity index (χ1v) is 7.29. The average Bonchev–Trinajstić information content (AvgIpc) is 2.75.